The van der Waals surface area contributed by atoms with Gasteiger partial charge < -0.3 is 0 Å². The molecule has 1 aromatic heterocycles. The molecule has 6 aromatic carbocycles. The van der Waals surface area contributed by atoms with Gasteiger partial charge in [0.2, 0.25) is 0 Å². The number of fused-ring (bicyclic) bond motifs is 1. The average Bonchev–Trinajstić information content (AvgIpc) is 3.22. The molecule has 0 spiro atoms. The van der Waals surface area contributed by atoms with Gasteiger partial charge in [0.25, 0.3) is 0 Å². The van der Waals surface area contributed by atoms with Crippen molar-refractivity contribution in [3.63, 3.8) is 0 Å². The minimum atomic E-state index is -0.215. The zero-order valence-electron chi connectivity index (χ0n) is 29.3. The van der Waals surface area contributed by atoms with Gasteiger partial charge in [0.05, 0.1) is 24.1 Å². The van der Waals surface area contributed by atoms with E-state index < -0.39 is 0 Å². The molecule has 5 heteroatoms. The van der Waals surface area contributed by atoms with Crippen LogP contribution in [-0.4, -0.2) is 15.0 Å². The quantitative estimate of drug-likeness (QED) is 0.144. The van der Waals surface area contributed by atoms with Crippen molar-refractivity contribution in [2.45, 2.75) is 38.5 Å². The van der Waals surface area contributed by atoms with Crippen LogP contribution in [0.4, 0.5) is 0 Å². The summed E-state index contributed by atoms with van der Waals surface area (Å²) in [5, 5.41) is 21.4. The number of aromatic nitrogens is 3. The normalized spacial score (nSPS) is 12.5. The fourth-order valence-corrected chi connectivity index (χ4v) is 6.82. The second-order valence-electron chi connectivity index (χ2n) is 13.2. The van der Waals surface area contributed by atoms with Crippen molar-refractivity contribution in [3.05, 3.63) is 168 Å². The largest absolute Gasteiger partial charge is 0.208 e. The molecule has 0 fully saturated rings. The van der Waals surface area contributed by atoms with E-state index in [1.54, 1.807) is 0 Å². The standard InChI is InChI=1S/C47H37N5/c1-3-47(2,40-27-20-33(32-49)21-28-40)31-39(18-12-30-48)42-29-26-34-13-10-11-19-41(34)43(42)35-22-24-38(25-23-35)46-51-44(36-14-6-4-7-15-36)50-45(52-46)37-16-8-5-9-17-37/h4-11,13-29H,3,12,31H2,1-2H3/b39-18+. The number of benzene rings is 6. The molecule has 5 nitrogen and oxygen atoms in total. The van der Waals surface area contributed by atoms with Gasteiger partial charge in [-0.1, -0.05) is 153 Å². The summed E-state index contributed by atoms with van der Waals surface area (Å²) >= 11 is 0. The molecular formula is C47H37N5. The lowest BCUT2D eigenvalue weighted by atomic mass is 9.73. The predicted molar refractivity (Wildman–Crippen MR) is 211 cm³/mol. The van der Waals surface area contributed by atoms with Crippen molar-refractivity contribution < 1.29 is 0 Å². The van der Waals surface area contributed by atoms with E-state index in [1.807, 2.05) is 72.8 Å². The topological polar surface area (TPSA) is 86.2 Å². The molecule has 250 valence electrons. The molecule has 0 bridgehead atoms. The van der Waals surface area contributed by atoms with E-state index in [0.717, 1.165) is 62.6 Å². The number of hydrogen-bond acceptors (Lipinski definition) is 5. The molecule has 0 saturated heterocycles. The SMILES string of the molecule is CCC(C)(C/C(=C\CC#N)c1ccc2ccccc2c1-c1ccc(-c2nc(-c3ccccc3)nc(-c3ccccc3)n2)cc1)c1ccc(C#N)cc1. The number of allylic oxidation sites excluding steroid dienone is 2. The lowest BCUT2D eigenvalue weighted by molar-refractivity contribution is 0.467. The van der Waals surface area contributed by atoms with Crippen molar-refractivity contribution in [2.75, 3.05) is 0 Å². The zero-order valence-corrected chi connectivity index (χ0v) is 29.3. The van der Waals surface area contributed by atoms with Crippen LogP contribution in [-0.2, 0) is 5.41 Å². The van der Waals surface area contributed by atoms with Crippen molar-refractivity contribution >= 4 is 16.3 Å². The van der Waals surface area contributed by atoms with Crippen LogP contribution in [0.25, 0.3) is 61.6 Å². The van der Waals surface area contributed by atoms with Gasteiger partial charge in [-0.2, -0.15) is 10.5 Å². The van der Waals surface area contributed by atoms with Crippen LogP contribution in [0.1, 0.15) is 49.8 Å². The molecule has 0 radical (unpaired) electrons. The van der Waals surface area contributed by atoms with Gasteiger partial charge in [0.1, 0.15) is 0 Å². The van der Waals surface area contributed by atoms with Gasteiger partial charge in [0.15, 0.2) is 17.5 Å². The summed E-state index contributed by atoms with van der Waals surface area (Å²) in [6, 6.07) is 53.8. The van der Waals surface area contributed by atoms with Crippen molar-refractivity contribution in [1.82, 2.24) is 15.0 Å². The first-order valence-electron chi connectivity index (χ1n) is 17.6. The van der Waals surface area contributed by atoms with E-state index in [9.17, 15) is 10.5 Å². The smallest absolute Gasteiger partial charge is 0.164 e. The van der Waals surface area contributed by atoms with E-state index in [2.05, 4.69) is 105 Å². The number of rotatable bonds is 10. The highest BCUT2D eigenvalue weighted by molar-refractivity contribution is 6.02. The molecule has 1 heterocycles. The van der Waals surface area contributed by atoms with E-state index in [1.165, 1.54) is 5.56 Å². The third-order valence-electron chi connectivity index (χ3n) is 9.92. The third kappa shape index (κ3) is 6.99. The molecule has 0 N–H and O–H groups in total. The lowest BCUT2D eigenvalue weighted by Gasteiger charge is -2.31. The Hall–Kier alpha value is -6.69. The van der Waals surface area contributed by atoms with Gasteiger partial charge in [0, 0.05) is 16.7 Å². The first-order valence-corrected chi connectivity index (χ1v) is 17.6. The molecule has 0 aliphatic carbocycles. The maximum absolute atomic E-state index is 9.73. The second-order valence-corrected chi connectivity index (χ2v) is 13.2. The highest BCUT2D eigenvalue weighted by Crippen LogP contribution is 2.43. The van der Waals surface area contributed by atoms with Crippen LogP contribution in [0.15, 0.2) is 152 Å². The van der Waals surface area contributed by atoms with Crippen molar-refractivity contribution in [1.29, 1.82) is 10.5 Å². The molecule has 7 aromatic rings. The molecule has 1 unspecified atom stereocenters. The van der Waals surface area contributed by atoms with Gasteiger partial charge in [-0.15, -0.1) is 0 Å². The Morgan fingerprint density at radius 1 is 0.615 bits per heavy atom. The Labute approximate surface area is 305 Å². The van der Waals surface area contributed by atoms with Crippen LogP contribution < -0.4 is 0 Å². The Balaban J connectivity index is 1.34. The number of nitriles is 2. The molecule has 0 saturated carbocycles. The first-order chi connectivity index (χ1) is 25.5. The summed E-state index contributed by atoms with van der Waals surface area (Å²) in [7, 11) is 0. The minimum absolute atomic E-state index is 0.215. The average molecular weight is 672 g/mol. The van der Waals surface area contributed by atoms with Crippen molar-refractivity contribution in [3.8, 4) is 57.4 Å². The summed E-state index contributed by atoms with van der Waals surface area (Å²) in [4.78, 5) is 14.7. The van der Waals surface area contributed by atoms with E-state index >= 15 is 0 Å². The Morgan fingerprint density at radius 2 is 1.15 bits per heavy atom. The summed E-state index contributed by atoms with van der Waals surface area (Å²) in [5.41, 5.74) is 8.77. The fourth-order valence-electron chi connectivity index (χ4n) is 6.82. The Bertz CT molecular complexity index is 2400. The van der Waals surface area contributed by atoms with Gasteiger partial charge in [-0.25, -0.2) is 15.0 Å². The highest BCUT2D eigenvalue weighted by atomic mass is 15.0. The Kier molecular flexibility index (Phi) is 9.78. The third-order valence-corrected chi connectivity index (χ3v) is 9.92. The molecule has 1 atom stereocenters. The van der Waals surface area contributed by atoms with Crippen LogP contribution in [0.5, 0.6) is 0 Å². The first kappa shape index (κ1) is 33.8. The van der Waals surface area contributed by atoms with E-state index in [0.29, 0.717) is 29.5 Å². The molecule has 0 aliphatic rings. The fraction of sp³-hybridized carbons (Fsp3) is 0.128. The van der Waals surface area contributed by atoms with Gasteiger partial charge in [-0.3, -0.25) is 0 Å². The van der Waals surface area contributed by atoms with Gasteiger partial charge in [-0.05, 0) is 69.0 Å². The summed E-state index contributed by atoms with van der Waals surface area (Å²) in [5.74, 6) is 1.85. The molecule has 7 rings (SSSR count). The summed E-state index contributed by atoms with van der Waals surface area (Å²) in [6.45, 7) is 4.47. The summed E-state index contributed by atoms with van der Waals surface area (Å²) in [6.07, 6.45) is 4.01. The maximum atomic E-state index is 9.73. The van der Waals surface area contributed by atoms with Crippen LogP contribution in [0, 0.1) is 22.7 Å². The van der Waals surface area contributed by atoms with Gasteiger partial charge >= 0.3 is 0 Å². The van der Waals surface area contributed by atoms with Crippen LogP contribution in [0.3, 0.4) is 0 Å². The number of nitrogens with zero attached hydrogens (tertiary/aromatic N) is 5. The maximum Gasteiger partial charge on any atom is 0.164 e. The lowest BCUT2D eigenvalue weighted by Crippen LogP contribution is -2.21. The number of hydrogen-bond donors (Lipinski definition) is 0. The monoisotopic (exact) mass is 671 g/mol. The molecular weight excluding hydrogens is 635 g/mol. The highest BCUT2D eigenvalue weighted by Gasteiger charge is 2.28. The summed E-state index contributed by atoms with van der Waals surface area (Å²) < 4.78 is 0. The van der Waals surface area contributed by atoms with Crippen LogP contribution >= 0.6 is 0 Å². The second kappa shape index (κ2) is 15.1. The molecule has 0 amide bonds. The van der Waals surface area contributed by atoms with E-state index in [-0.39, 0.29) is 5.41 Å². The van der Waals surface area contributed by atoms with Crippen LogP contribution in [0.2, 0.25) is 0 Å². The molecule has 52 heavy (non-hydrogen) atoms. The predicted octanol–water partition coefficient (Wildman–Crippen LogP) is 11.6. The zero-order chi connectivity index (χ0) is 35.9. The Morgan fingerprint density at radius 3 is 1.71 bits per heavy atom. The minimum Gasteiger partial charge on any atom is -0.208 e. The molecule has 0 aliphatic heterocycles. The van der Waals surface area contributed by atoms with Crippen molar-refractivity contribution in [2.24, 2.45) is 0 Å². The van der Waals surface area contributed by atoms with E-state index in [4.69, 9.17) is 15.0 Å².